The van der Waals surface area contributed by atoms with Crippen LogP contribution in [0, 0.1) is 17.0 Å². The summed E-state index contributed by atoms with van der Waals surface area (Å²) in [5.41, 5.74) is 0.212. The average molecular weight is 422 g/mol. The molecule has 3 rings (SSSR count). The number of amides is 1. The molecule has 0 radical (unpaired) electrons. The van der Waals surface area contributed by atoms with Crippen molar-refractivity contribution in [2.75, 3.05) is 42.9 Å². The fourth-order valence-electron chi connectivity index (χ4n) is 3.37. The summed E-state index contributed by atoms with van der Waals surface area (Å²) in [6, 6.07) is 9.98. The van der Waals surface area contributed by atoms with Gasteiger partial charge in [0.15, 0.2) is 0 Å². The number of nitro groups is 1. The van der Waals surface area contributed by atoms with Crippen molar-refractivity contribution in [3.8, 4) is 0 Å². The van der Waals surface area contributed by atoms with Crippen molar-refractivity contribution < 1.29 is 22.9 Å². The van der Waals surface area contributed by atoms with Gasteiger partial charge in [0.05, 0.1) is 17.0 Å². The maximum absolute atomic E-state index is 12.9. The molecule has 1 amide bonds. The first-order valence-corrected chi connectivity index (χ1v) is 9.33. The minimum Gasteiger partial charge on any atom is -0.363 e. The summed E-state index contributed by atoms with van der Waals surface area (Å²) < 4.78 is 38.6. The Labute approximate surface area is 171 Å². The molecule has 0 saturated carbocycles. The van der Waals surface area contributed by atoms with Gasteiger partial charge in [-0.3, -0.25) is 19.8 Å². The van der Waals surface area contributed by atoms with E-state index in [1.54, 1.807) is 4.90 Å². The van der Waals surface area contributed by atoms with Crippen LogP contribution in [-0.2, 0) is 11.0 Å². The number of rotatable bonds is 5. The minimum atomic E-state index is -4.65. The van der Waals surface area contributed by atoms with Crippen LogP contribution in [0.4, 0.5) is 30.2 Å². The Balaban J connectivity index is 1.62. The normalized spacial score (nSPS) is 15.1. The molecule has 0 atom stereocenters. The number of halogens is 3. The van der Waals surface area contributed by atoms with Crippen molar-refractivity contribution in [1.29, 1.82) is 0 Å². The molecular formula is C20H21F3N4O3. The van der Waals surface area contributed by atoms with Gasteiger partial charge in [0.2, 0.25) is 5.91 Å². The van der Waals surface area contributed by atoms with Crippen molar-refractivity contribution >= 4 is 23.0 Å². The molecule has 10 heteroatoms. The topological polar surface area (TPSA) is 78.7 Å². The third kappa shape index (κ3) is 5.07. The van der Waals surface area contributed by atoms with E-state index in [9.17, 15) is 28.1 Å². The highest BCUT2D eigenvalue weighted by Crippen LogP contribution is 2.36. The van der Waals surface area contributed by atoms with Gasteiger partial charge < -0.3 is 10.2 Å². The summed E-state index contributed by atoms with van der Waals surface area (Å²) in [7, 11) is 0. The van der Waals surface area contributed by atoms with Gasteiger partial charge in [0, 0.05) is 37.9 Å². The number of benzene rings is 2. The standard InChI is InChI=1S/C20H21F3N4O3/c1-14-4-2-3-5-16(14)24-19(28)13-25-8-10-26(11-9-25)17-7-6-15(20(21,22)23)12-18(17)27(29)30/h2-7,12H,8-11,13H2,1H3,(H,24,28). The van der Waals surface area contributed by atoms with E-state index in [2.05, 4.69) is 5.32 Å². The third-order valence-electron chi connectivity index (χ3n) is 5.00. The van der Waals surface area contributed by atoms with Crippen LogP contribution in [0.25, 0.3) is 0 Å². The van der Waals surface area contributed by atoms with Gasteiger partial charge in [0.25, 0.3) is 5.69 Å². The molecule has 1 aliphatic heterocycles. The predicted molar refractivity (Wildman–Crippen MR) is 107 cm³/mol. The van der Waals surface area contributed by atoms with E-state index < -0.39 is 22.4 Å². The van der Waals surface area contributed by atoms with Gasteiger partial charge in [-0.25, -0.2) is 0 Å². The second kappa shape index (κ2) is 8.70. The largest absolute Gasteiger partial charge is 0.416 e. The van der Waals surface area contributed by atoms with Crippen LogP contribution >= 0.6 is 0 Å². The molecule has 0 bridgehead atoms. The van der Waals surface area contributed by atoms with Crippen LogP contribution in [0.2, 0.25) is 0 Å². The highest BCUT2D eigenvalue weighted by atomic mass is 19.4. The lowest BCUT2D eigenvalue weighted by Crippen LogP contribution is -2.48. The molecule has 1 heterocycles. The first-order chi connectivity index (χ1) is 14.1. The number of anilines is 2. The Kier molecular flexibility index (Phi) is 6.25. The molecule has 1 aliphatic rings. The van der Waals surface area contributed by atoms with Crippen molar-refractivity contribution in [2.24, 2.45) is 0 Å². The molecule has 0 unspecified atom stereocenters. The van der Waals surface area contributed by atoms with E-state index in [1.165, 1.54) is 0 Å². The number of carbonyl (C=O) groups is 1. The van der Waals surface area contributed by atoms with Crippen molar-refractivity contribution in [3.63, 3.8) is 0 Å². The van der Waals surface area contributed by atoms with Gasteiger partial charge in [0.1, 0.15) is 5.69 Å². The van der Waals surface area contributed by atoms with Gasteiger partial charge in [-0.2, -0.15) is 13.2 Å². The smallest absolute Gasteiger partial charge is 0.363 e. The Hall–Kier alpha value is -3.14. The quantitative estimate of drug-likeness (QED) is 0.588. The van der Waals surface area contributed by atoms with Crippen molar-refractivity contribution in [2.45, 2.75) is 13.1 Å². The highest BCUT2D eigenvalue weighted by molar-refractivity contribution is 5.92. The van der Waals surface area contributed by atoms with Gasteiger partial charge >= 0.3 is 6.18 Å². The van der Waals surface area contributed by atoms with Crippen LogP contribution in [0.5, 0.6) is 0 Å². The number of hydrogen-bond donors (Lipinski definition) is 1. The molecule has 160 valence electrons. The average Bonchev–Trinajstić information content (AvgIpc) is 2.69. The van der Waals surface area contributed by atoms with Gasteiger partial charge in [-0.15, -0.1) is 0 Å². The summed E-state index contributed by atoms with van der Waals surface area (Å²) in [6.45, 7) is 3.70. The molecule has 0 aliphatic carbocycles. The Morgan fingerprint density at radius 1 is 1.13 bits per heavy atom. The number of nitrogens with one attached hydrogen (secondary N) is 1. The summed E-state index contributed by atoms with van der Waals surface area (Å²) in [5, 5.41) is 14.2. The first-order valence-electron chi connectivity index (χ1n) is 9.33. The van der Waals surface area contributed by atoms with Crippen LogP contribution in [0.3, 0.4) is 0 Å². The Morgan fingerprint density at radius 3 is 2.40 bits per heavy atom. The van der Waals surface area contributed by atoms with Gasteiger partial charge in [-0.05, 0) is 30.7 Å². The summed E-state index contributed by atoms with van der Waals surface area (Å²) in [4.78, 5) is 26.4. The number of alkyl halides is 3. The molecule has 7 nitrogen and oxygen atoms in total. The van der Waals surface area contributed by atoms with Crippen LogP contribution in [0.15, 0.2) is 42.5 Å². The SMILES string of the molecule is Cc1ccccc1NC(=O)CN1CCN(c2ccc(C(F)(F)F)cc2[N+](=O)[O-])CC1. The second-order valence-electron chi connectivity index (χ2n) is 7.08. The fourth-order valence-corrected chi connectivity index (χ4v) is 3.37. The number of para-hydroxylation sites is 1. The monoisotopic (exact) mass is 422 g/mol. The maximum Gasteiger partial charge on any atom is 0.416 e. The molecule has 1 N–H and O–H groups in total. The van der Waals surface area contributed by atoms with Crippen LogP contribution < -0.4 is 10.2 Å². The number of carbonyl (C=O) groups excluding carboxylic acids is 1. The molecule has 2 aromatic carbocycles. The lowest BCUT2D eigenvalue weighted by molar-refractivity contribution is -0.384. The number of hydrogen-bond acceptors (Lipinski definition) is 5. The Bertz CT molecular complexity index is 941. The molecular weight excluding hydrogens is 401 g/mol. The number of piperazine rings is 1. The molecule has 0 aromatic heterocycles. The summed E-state index contributed by atoms with van der Waals surface area (Å²) >= 11 is 0. The zero-order valence-electron chi connectivity index (χ0n) is 16.3. The molecule has 1 fully saturated rings. The second-order valence-corrected chi connectivity index (χ2v) is 7.08. The molecule has 0 spiro atoms. The number of aryl methyl sites for hydroxylation is 1. The summed E-state index contributed by atoms with van der Waals surface area (Å²) in [6.07, 6.45) is -4.65. The third-order valence-corrected chi connectivity index (χ3v) is 5.00. The zero-order valence-corrected chi connectivity index (χ0v) is 16.3. The van der Waals surface area contributed by atoms with E-state index >= 15 is 0 Å². The van der Waals surface area contributed by atoms with Crippen molar-refractivity contribution in [1.82, 2.24) is 4.90 Å². The van der Waals surface area contributed by atoms with Crippen LogP contribution in [0.1, 0.15) is 11.1 Å². The van der Waals surface area contributed by atoms with Crippen molar-refractivity contribution in [3.05, 3.63) is 63.7 Å². The molecule has 1 saturated heterocycles. The number of nitro benzene ring substituents is 1. The van der Waals surface area contributed by atoms with Crippen LogP contribution in [-0.4, -0.2) is 48.5 Å². The van der Waals surface area contributed by atoms with E-state index in [0.717, 1.165) is 23.4 Å². The lowest BCUT2D eigenvalue weighted by atomic mass is 10.1. The van der Waals surface area contributed by atoms with Gasteiger partial charge in [-0.1, -0.05) is 18.2 Å². The van der Waals surface area contributed by atoms with E-state index in [0.29, 0.717) is 32.2 Å². The highest BCUT2D eigenvalue weighted by Gasteiger charge is 2.34. The molecule has 30 heavy (non-hydrogen) atoms. The summed E-state index contributed by atoms with van der Waals surface area (Å²) in [5.74, 6) is -0.168. The molecule has 2 aromatic rings. The predicted octanol–water partition coefficient (Wildman–Crippen LogP) is 3.68. The van der Waals surface area contributed by atoms with E-state index in [4.69, 9.17) is 0 Å². The Morgan fingerprint density at radius 2 is 1.80 bits per heavy atom. The zero-order chi connectivity index (χ0) is 21.9. The lowest BCUT2D eigenvalue weighted by Gasteiger charge is -2.35. The first kappa shape index (κ1) is 21.6. The minimum absolute atomic E-state index is 0.150. The maximum atomic E-state index is 12.9. The van der Waals surface area contributed by atoms with E-state index in [1.807, 2.05) is 36.1 Å². The number of nitrogens with zero attached hydrogens (tertiary/aromatic N) is 3. The van der Waals surface area contributed by atoms with E-state index in [-0.39, 0.29) is 18.1 Å². The fraction of sp³-hybridized carbons (Fsp3) is 0.350.